The quantitative estimate of drug-likeness (QED) is 0.740. The van der Waals surface area contributed by atoms with Gasteiger partial charge in [0.15, 0.2) is 11.5 Å². The first kappa shape index (κ1) is 11.6. The molecule has 92 valence electrons. The first-order valence-electron chi connectivity index (χ1n) is 4.84. The van der Waals surface area contributed by atoms with Gasteiger partial charge < -0.3 is 10.4 Å². The second-order valence-corrected chi connectivity index (χ2v) is 3.25. The molecule has 0 unspecified atom stereocenters. The topological polar surface area (TPSA) is 123 Å². The van der Waals surface area contributed by atoms with Crippen LogP contribution >= 0.6 is 0 Å². The SMILES string of the molecule is O=C(Cn1cc(C(=O)O)nn1)Nc1cnccn1. The number of amides is 1. The molecule has 0 bridgehead atoms. The van der Waals surface area contributed by atoms with E-state index in [1.165, 1.54) is 24.8 Å². The fourth-order valence-corrected chi connectivity index (χ4v) is 1.17. The maximum Gasteiger partial charge on any atom is 0.358 e. The molecule has 9 heteroatoms. The number of carboxylic acids is 1. The molecule has 2 rings (SSSR count). The monoisotopic (exact) mass is 248 g/mol. The molecule has 0 atom stereocenters. The molecule has 0 aliphatic carbocycles. The molecule has 2 aromatic rings. The van der Waals surface area contributed by atoms with E-state index in [9.17, 15) is 9.59 Å². The fourth-order valence-electron chi connectivity index (χ4n) is 1.17. The van der Waals surface area contributed by atoms with Gasteiger partial charge in [-0.2, -0.15) is 0 Å². The van der Waals surface area contributed by atoms with Crippen LogP contribution in [0.25, 0.3) is 0 Å². The summed E-state index contributed by atoms with van der Waals surface area (Å²) in [5.74, 6) is -1.30. The Hall–Kier alpha value is -2.84. The van der Waals surface area contributed by atoms with E-state index in [1.54, 1.807) is 0 Å². The van der Waals surface area contributed by atoms with Crippen LogP contribution in [0.2, 0.25) is 0 Å². The molecule has 0 aromatic carbocycles. The Morgan fingerprint density at radius 2 is 2.22 bits per heavy atom. The number of carbonyl (C=O) groups excluding carboxylic acids is 1. The summed E-state index contributed by atoms with van der Waals surface area (Å²) < 4.78 is 1.12. The van der Waals surface area contributed by atoms with E-state index in [0.717, 1.165) is 4.68 Å². The predicted molar refractivity (Wildman–Crippen MR) is 57.6 cm³/mol. The van der Waals surface area contributed by atoms with Gasteiger partial charge in [-0.15, -0.1) is 5.10 Å². The normalized spacial score (nSPS) is 10.0. The minimum atomic E-state index is -1.20. The van der Waals surface area contributed by atoms with Gasteiger partial charge in [0.2, 0.25) is 5.91 Å². The minimum absolute atomic E-state index is 0.156. The highest BCUT2D eigenvalue weighted by molar-refractivity contribution is 5.89. The third-order valence-corrected chi connectivity index (χ3v) is 1.89. The number of aromatic nitrogens is 5. The van der Waals surface area contributed by atoms with E-state index in [0.29, 0.717) is 5.82 Å². The van der Waals surface area contributed by atoms with Crippen molar-refractivity contribution in [2.45, 2.75) is 6.54 Å². The lowest BCUT2D eigenvalue weighted by atomic mass is 10.5. The molecule has 9 nitrogen and oxygen atoms in total. The maximum atomic E-state index is 11.5. The molecule has 2 heterocycles. The van der Waals surface area contributed by atoms with E-state index in [1.807, 2.05) is 0 Å². The van der Waals surface area contributed by atoms with Gasteiger partial charge in [0.05, 0.1) is 12.4 Å². The molecule has 0 radical (unpaired) electrons. The molecule has 1 amide bonds. The number of nitrogens with one attached hydrogen (secondary N) is 1. The Labute approximate surface area is 100 Å². The number of carboxylic acid groups (broad SMARTS) is 1. The number of hydrogen-bond donors (Lipinski definition) is 2. The van der Waals surface area contributed by atoms with Crippen molar-refractivity contribution in [1.82, 2.24) is 25.0 Å². The number of carbonyl (C=O) groups is 2. The Bertz CT molecular complexity index is 567. The van der Waals surface area contributed by atoms with Crippen LogP contribution in [0.3, 0.4) is 0 Å². The number of hydrogen-bond acceptors (Lipinski definition) is 6. The lowest BCUT2D eigenvalue weighted by Gasteiger charge is -2.02. The van der Waals surface area contributed by atoms with Crippen LogP contribution in [0.4, 0.5) is 5.82 Å². The highest BCUT2D eigenvalue weighted by Crippen LogP contribution is 1.98. The van der Waals surface area contributed by atoms with Crippen LogP contribution in [0.1, 0.15) is 10.5 Å². The number of aromatic carboxylic acids is 1. The molecule has 2 N–H and O–H groups in total. The van der Waals surface area contributed by atoms with Gasteiger partial charge in [-0.25, -0.2) is 14.5 Å². The zero-order chi connectivity index (χ0) is 13.0. The highest BCUT2D eigenvalue weighted by atomic mass is 16.4. The van der Waals surface area contributed by atoms with Crippen molar-refractivity contribution in [3.63, 3.8) is 0 Å². The molecule has 2 aromatic heterocycles. The van der Waals surface area contributed by atoms with Crippen molar-refractivity contribution in [2.24, 2.45) is 0 Å². The highest BCUT2D eigenvalue weighted by Gasteiger charge is 2.10. The van der Waals surface area contributed by atoms with Crippen LogP contribution < -0.4 is 5.32 Å². The van der Waals surface area contributed by atoms with E-state index < -0.39 is 11.9 Å². The second-order valence-electron chi connectivity index (χ2n) is 3.25. The van der Waals surface area contributed by atoms with E-state index in [4.69, 9.17) is 5.11 Å². The Morgan fingerprint density at radius 3 is 2.83 bits per heavy atom. The summed E-state index contributed by atoms with van der Waals surface area (Å²) in [6.45, 7) is -0.156. The zero-order valence-corrected chi connectivity index (χ0v) is 9.02. The molecule has 0 saturated carbocycles. The summed E-state index contributed by atoms with van der Waals surface area (Å²) in [4.78, 5) is 29.7. The summed E-state index contributed by atoms with van der Waals surface area (Å²) in [6, 6.07) is 0. The van der Waals surface area contributed by atoms with Crippen LogP contribution in [0.5, 0.6) is 0 Å². The zero-order valence-electron chi connectivity index (χ0n) is 9.02. The van der Waals surface area contributed by atoms with Gasteiger partial charge in [0, 0.05) is 12.4 Å². The summed E-state index contributed by atoms with van der Waals surface area (Å²) in [7, 11) is 0. The second kappa shape index (κ2) is 4.99. The first-order chi connectivity index (χ1) is 8.65. The summed E-state index contributed by atoms with van der Waals surface area (Å²) in [5.41, 5.74) is -0.220. The summed E-state index contributed by atoms with van der Waals surface area (Å²) in [6.07, 6.45) is 5.47. The standard InChI is InChI=1S/C9H8N6O3/c16-8(12-7-3-10-1-2-11-7)5-15-4-6(9(17)18)13-14-15/h1-4H,5H2,(H,17,18)(H,11,12,16). The Kier molecular flexibility index (Phi) is 3.23. The average Bonchev–Trinajstić information content (AvgIpc) is 2.78. The van der Waals surface area contributed by atoms with E-state index in [2.05, 4.69) is 25.6 Å². The third kappa shape index (κ3) is 2.84. The van der Waals surface area contributed by atoms with Crippen LogP contribution in [0.15, 0.2) is 24.8 Å². The van der Waals surface area contributed by atoms with Gasteiger partial charge in [-0.3, -0.25) is 9.78 Å². The van der Waals surface area contributed by atoms with Crippen molar-refractivity contribution in [2.75, 3.05) is 5.32 Å². The van der Waals surface area contributed by atoms with Crippen molar-refractivity contribution in [3.8, 4) is 0 Å². The average molecular weight is 248 g/mol. The first-order valence-corrected chi connectivity index (χ1v) is 4.84. The van der Waals surface area contributed by atoms with Crippen molar-refractivity contribution in [1.29, 1.82) is 0 Å². The third-order valence-electron chi connectivity index (χ3n) is 1.89. The number of anilines is 1. The van der Waals surface area contributed by atoms with Crippen LogP contribution in [-0.4, -0.2) is 41.9 Å². The van der Waals surface area contributed by atoms with E-state index >= 15 is 0 Å². The molecular weight excluding hydrogens is 240 g/mol. The number of rotatable bonds is 4. The van der Waals surface area contributed by atoms with Crippen molar-refractivity contribution < 1.29 is 14.7 Å². The Morgan fingerprint density at radius 1 is 1.39 bits per heavy atom. The predicted octanol–water partition coefficient (Wildman–Crippen LogP) is -0.595. The fraction of sp³-hybridized carbons (Fsp3) is 0.111. The lowest BCUT2D eigenvalue weighted by Crippen LogP contribution is -2.19. The van der Waals surface area contributed by atoms with Gasteiger partial charge in [0.25, 0.3) is 0 Å². The molecule has 0 fully saturated rings. The van der Waals surface area contributed by atoms with Gasteiger partial charge in [0.1, 0.15) is 6.54 Å². The molecule has 18 heavy (non-hydrogen) atoms. The minimum Gasteiger partial charge on any atom is -0.476 e. The molecule has 0 aliphatic heterocycles. The van der Waals surface area contributed by atoms with Crippen LogP contribution in [-0.2, 0) is 11.3 Å². The molecular formula is C9H8N6O3. The summed E-state index contributed by atoms with van der Waals surface area (Å²) in [5, 5.41) is 18.0. The molecule has 0 saturated heterocycles. The van der Waals surface area contributed by atoms with Gasteiger partial charge in [-0.1, -0.05) is 5.21 Å². The number of nitrogens with zero attached hydrogens (tertiary/aromatic N) is 5. The van der Waals surface area contributed by atoms with Gasteiger partial charge >= 0.3 is 5.97 Å². The molecule has 0 spiro atoms. The smallest absolute Gasteiger partial charge is 0.358 e. The Balaban J connectivity index is 1.97. The van der Waals surface area contributed by atoms with Crippen LogP contribution in [0, 0.1) is 0 Å². The largest absolute Gasteiger partial charge is 0.476 e. The van der Waals surface area contributed by atoms with Crippen molar-refractivity contribution >= 4 is 17.7 Å². The maximum absolute atomic E-state index is 11.5. The molecule has 0 aliphatic rings. The van der Waals surface area contributed by atoms with E-state index in [-0.39, 0.29) is 12.2 Å². The summed E-state index contributed by atoms with van der Waals surface area (Å²) >= 11 is 0. The van der Waals surface area contributed by atoms with Crippen molar-refractivity contribution in [3.05, 3.63) is 30.5 Å². The lowest BCUT2D eigenvalue weighted by molar-refractivity contribution is -0.117. The van der Waals surface area contributed by atoms with Gasteiger partial charge in [-0.05, 0) is 0 Å².